The number of benzene rings is 8. The van der Waals surface area contributed by atoms with Gasteiger partial charge >= 0.3 is 0 Å². The van der Waals surface area contributed by atoms with Crippen LogP contribution in [0.2, 0.25) is 0 Å². The number of rotatable bonds is 5. The van der Waals surface area contributed by atoms with E-state index in [9.17, 15) is 0 Å². The maximum absolute atomic E-state index is 5.29. The smallest absolute Gasteiger partial charge is 0.164 e. The van der Waals surface area contributed by atoms with E-state index in [0.717, 1.165) is 34.1 Å². The topological polar surface area (TPSA) is 38.7 Å². The van der Waals surface area contributed by atoms with E-state index in [1.807, 2.05) is 18.2 Å². The first-order valence-corrected chi connectivity index (χ1v) is 21.9. The summed E-state index contributed by atoms with van der Waals surface area (Å²) in [5, 5.41) is 5.06. The molecule has 5 aliphatic rings. The molecule has 4 fully saturated rings. The van der Waals surface area contributed by atoms with Crippen molar-refractivity contribution in [2.75, 3.05) is 0 Å². The molecule has 3 heteroatoms. The lowest BCUT2D eigenvalue weighted by molar-refractivity contribution is -0.0398. The second-order valence-corrected chi connectivity index (χ2v) is 18.0. The lowest BCUT2D eigenvalue weighted by Crippen LogP contribution is -2.55. The van der Waals surface area contributed by atoms with Crippen LogP contribution in [0.25, 0.3) is 89.1 Å². The minimum Gasteiger partial charge on any atom is -0.208 e. The molecular weight excluding hydrogens is 727 g/mol. The molecule has 5 aliphatic carbocycles. The van der Waals surface area contributed by atoms with Crippen LogP contribution in [0.15, 0.2) is 176 Å². The van der Waals surface area contributed by atoms with E-state index in [1.165, 1.54) is 81.5 Å². The van der Waals surface area contributed by atoms with Crippen LogP contribution in [0.1, 0.15) is 43.2 Å². The van der Waals surface area contributed by atoms with E-state index in [4.69, 9.17) is 15.0 Å². The first-order valence-electron chi connectivity index (χ1n) is 21.9. The standard InChI is InChI=1S/C57H43N3/c1-3-11-37(12-4-1)38-21-23-41(24-22-38)55-58-54(40-13-5-2-6-14-40)59-56(60-55)49-20-10-18-39-17-9-19-47(53(39)49)44-25-26-48-50-32-42-15-7-8-16-43(42)33-52(50)57(51(48)34-44)45-28-35-27-36(30-45)31-46(57)29-35/h1-26,32-36,45-46H,27-31H2. The molecule has 60 heavy (non-hydrogen) atoms. The first kappa shape index (κ1) is 34.2. The van der Waals surface area contributed by atoms with Gasteiger partial charge < -0.3 is 0 Å². The van der Waals surface area contributed by atoms with Crippen LogP contribution in [-0.2, 0) is 5.41 Å². The van der Waals surface area contributed by atoms with E-state index in [-0.39, 0.29) is 5.41 Å². The van der Waals surface area contributed by atoms with Crippen LogP contribution in [0.3, 0.4) is 0 Å². The number of fused-ring (bicyclic) bond motifs is 5. The molecule has 4 saturated carbocycles. The summed E-state index contributed by atoms with van der Waals surface area (Å²) in [6.45, 7) is 0. The highest BCUT2D eigenvalue weighted by Crippen LogP contribution is 2.70. The Balaban J connectivity index is 0.995. The van der Waals surface area contributed by atoms with Crippen molar-refractivity contribution in [2.24, 2.45) is 23.7 Å². The fourth-order valence-electron chi connectivity index (χ4n) is 12.6. The molecule has 4 bridgehead atoms. The third-order valence-electron chi connectivity index (χ3n) is 14.9. The van der Waals surface area contributed by atoms with Crippen molar-refractivity contribution < 1.29 is 0 Å². The highest BCUT2D eigenvalue weighted by Gasteiger charge is 2.61. The predicted molar refractivity (Wildman–Crippen MR) is 245 cm³/mol. The van der Waals surface area contributed by atoms with E-state index in [0.29, 0.717) is 29.3 Å². The maximum atomic E-state index is 5.29. The summed E-state index contributed by atoms with van der Waals surface area (Å²) in [5.74, 6) is 5.18. The average molecular weight is 770 g/mol. The minimum atomic E-state index is 0.0648. The summed E-state index contributed by atoms with van der Waals surface area (Å²) >= 11 is 0. The van der Waals surface area contributed by atoms with Crippen LogP contribution in [0.5, 0.6) is 0 Å². The highest BCUT2D eigenvalue weighted by molar-refractivity contribution is 6.06. The maximum Gasteiger partial charge on any atom is 0.164 e. The first-order chi connectivity index (χ1) is 29.7. The molecule has 0 amide bonds. The third-order valence-corrected chi connectivity index (χ3v) is 14.9. The Morgan fingerprint density at radius 1 is 0.333 bits per heavy atom. The van der Waals surface area contributed by atoms with E-state index >= 15 is 0 Å². The van der Waals surface area contributed by atoms with Crippen LogP contribution in [-0.4, -0.2) is 15.0 Å². The average Bonchev–Trinajstić information content (AvgIpc) is 3.58. The van der Waals surface area contributed by atoms with Gasteiger partial charge in [0.2, 0.25) is 0 Å². The van der Waals surface area contributed by atoms with Crippen molar-refractivity contribution in [1.29, 1.82) is 0 Å². The molecular formula is C57H43N3. The Morgan fingerprint density at radius 3 is 1.52 bits per heavy atom. The van der Waals surface area contributed by atoms with Gasteiger partial charge in [-0.05, 0) is 135 Å². The molecule has 0 aliphatic heterocycles. The van der Waals surface area contributed by atoms with Gasteiger partial charge in [0.1, 0.15) is 0 Å². The van der Waals surface area contributed by atoms with Crippen molar-refractivity contribution in [1.82, 2.24) is 15.0 Å². The Kier molecular flexibility index (Phi) is 7.49. The Bertz CT molecular complexity index is 3120. The highest BCUT2D eigenvalue weighted by atomic mass is 15.0. The zero-order chi connectivity index (χ0) is 39.4. The largest absolute Gasteiger partial charge is 0.208 e. The molecule has 8 aromatic carbocycles. The van der Waals surface area contributed by atoms with Gasteiger partial charge in [0, 0.05) is 27.5 Å². The summed E-state index contributed by atoms with van der Waals surface area (Å²) in [6.07, 6.45) is 6.90. The molecule has 0 radical (unpaired) electrons. The summed E-state index contributed by atoms with van der Waals surface area (Å²) < 4.78 is 0. The third kappa shape index (κ3) is 5.11. The Hall–Kier alpha value is -6.71. The molecule has 1 aromatic heterocycles. The van der Waals surface area contributed by atoms with Crippen molar-refractivity contribution in [3.05, 3.63) is 187 Å². The van der Waals surface area contributed by atoms with Gasteiger partial charge in [0.25, 0.3) is 0 Å². The normalized spacial score (nSPS) is 22.1. The molecule has 1 spiro atoms. The van der Waals surface area contributed by atoms with Gasteiger partial charge in [-0.1, -0.05) is 158 Å². The second kappa shape index (κ2) is 13.1. The van der Waals surface area contributed by atoms with Crippen LogP contribution >= 0.6 is 0 Å². The summed E-state index contributed by atoms with van der Waals surface area (Å²) in [6, 6.07) is 64.3. The SMILES string of the molecule is c1ccc(-c2ccc(-c3nc(-c4ccccc4)nc(-c4cccc5cccc(-c6ccc7c(c6)C6(c8cc9ccccc9cc8-7)C7CC8CC(C7)CC6C8)c45)n3)cc2)cc1. The van der Waals surface area contributed by atoms with Gasteiger partial charge in [-0.25, -0.2) is 15.0 Å². The van der Waals surface area contributed by atoms with Crippen molar-refractivity contribution in [3.63, 3.8) is 0 Å². The molecule has 14 rings (SSSR count). The molecule has 0 N–H and O–H groups in total. The van der Waals surface area contributed by atoms with Gasteiger partial charge in [-0.2, -0.15) is 0 Å². The van der Waals surface area contributed by atoms with Crippen LogP contribution in [0, 0.1) is 23.7 Å². The fraction of sp³-hybridized carbons (Fsp3) is 0.175. The van der Waals surface area contributed by atoms with Crippen LogP contribution < -0.4 is 0 Å². The van der Waals surface area contributed by atoms with Gasteiger partial charge in [0.05, 0.1) is 0 Å². The molecule has 0 atom stereocenters. The number of nitrogens with zero attached hydrogens (tertiary/aromatic N) is 3. The van der Waals surface area contributed by atoms with Crippen LogP contribution in [0.4, 0.5) is 0 Å². The number of aromatic nitrogens is 3. The Labute approximate surface area is 350 Å². The molecule has 9 aromatic rings. The molecule has 0 unspecified atom stereocenters. The zero-order valence-electron chi connectivity index (χ0n) is 33.4. The van der Waals surface area contributed by atoms with Gasteiger partial charge in [-0.3, -0.25) is 0 Å². The molecule has 1 heterocycles. The minimum absolute atomic E-state index is 0.0648. The van der Waals surface area contributed by atoms with E-state index in [1.54, 1.807) is 11.1 Å². The Morgan fingerprint density at radius 2 is 0.833 bits per heavy atom. The number of hydrogen-bond acceptors (Lipinski definition) is 3. The van der Waals surface area contributed by atoms with E-state index < -0.39 is 0 Å². The molecule has 3 nitrogen and oxygen atoms in total. The summed E-state index contributed by atoms with van der Waals surface area (Å²) in [5.41, 5.74) is 13.9. The van der Waals surface area contributed by atoms with Gasteiger partial charge in [-0.15, -0.1) is 0 Å². The lowest BCUT2D eigenvalue weighted by Gasteiger charge is -2.61. The quantitative estimate of drug-likeness (QED) is 0.175. The van der Waals surface area contributed by atoms with Crippen molar-refractivity contribution >= 4 is 21.5 Å². The fourth-order valence-corrected chi connectivity index (χ4v) is 12.6. The van der Waals surface area contributed by atoms with Crippen molar-refractivity contribution in [2.45, 2.75) is 37.5 Å². The monoisotopic (exact) mass is 769 g/mol. The number of hydrogen-bond donors (Lipinski definition) is 0. The lowest BCUT2D eigenvalue weighted by atomic mass is 9.43. The summed E-state index contributed by atoms with van der Waals surface area (Å²) in [4.78, 5) is 15.7. The second-order valence-electron chi connectivity index (χ2n) is 18.0. The van der Waals surface area contributed by atoms with Crippen molar-refractivity contribution in [3.8, 4) is 67.5 Å². The zero-order valence-corrected chi connectivity index (χ0v) is 33.4. The molecule has 0 saturated heterocycles. The predicted octanol–water partition coefficient (Wildman–Crippen LogP) is 14.2. The summed E-state index contributed by atoms with van der Waals surface area (Å²) in [7, 11) is 0. The van der Waals surface area contributed by atoms with Gasteiger partial charge in [0.15, 0.2) is 17.5 Å². The van der Waals surface area contributed by atoms with E-state index in [2.05, 4.69) is 158 Å². The molecule has 286 valence electrons.